The molecule has 1 fully saturated rings. The Kier molecular flexibility index (Phi) is 5.43. The number of halogens is 1. The smallest absolute Gasteiger partial charge is 0.320 e. The predicted octanol–water partition coefficient (Wildman–Crippen LogP) is 3.01. The second-order valence-corrected chi connectivity index (χ2v) is 6.24. The molecule has 1 heterocycles. The fraction of sp³-hybridized carbons (Fsp3) is 0.533. The Morgan fingerprint density at radius 3 is 3.05 bits per heavy atom. The van der Waals surface area contributed by atoms with Crippen LogP contribution in [0.3, 0.4) is 0 Å². The molecule has 4 nitrogen and oxygen atoms in total. The Morgan fingerprint density at radius 2 is 2.35 bits per heavy atom. The van der Waals surface area contributed by atoms with Crippen LogP contribution in [-0.2, 0) is 4.79 Å². The highest BCUT2D eigenvalue weighted by atomic mass is 79.9. The Hall–Kier alpha value is -1.07. The Balaban J connectivity index is 1.84. The van der Waals surface area contributed by atoms with E-state index in [1.165, 1.54) is 0 Å². The van der Waals surface area contributed by atoms with Gasteiger partial charge in [-0.3, -0.25) is 9.69 Å². The third-order valence-electron chi connectivity index (χ3n) is 3.70. The van der Waals surface area contributed by atoms with Crippen molar-refractivity contribution in [2.45, 2.75) is 25.8 Å². The van der Waals surface area contributed by atoms with Crippen LogP contribution in [0.1, 0.15) is 19.8 Å². The van der Waals surface area contributed by atoms with E-state index in [2.05, 4.69) is 22.9 Å². The lowest BCUT2D eigenvalue weighted by atomic mass is 9.92. The van der Waals surface area contributed by atoms with E-state index in [1.54, 1.807) is 0 Å². The van der Waals surface area contributed by atoms with Gasteiger partial charge in [0.25, 0.3) is 0 Å². The largest absolute Gasteiger partial charge is 0.492 e. The van der Waals surface area contributed by atoms with Crippen LogP contribution in [-0.4, -0.2) is 41.7 Å². The third kappa shape index (κ3) is 4.21. The number of likely N-dealkylation sites (tertiary alicyclic amines) is 1. The van der Waals surface area contributed by atoms with E-state index >= 15 is 0 Å². The highest BCUT2D eigenvalue weighted by Crippen LogP contribution is 2.23. The zero-order chi connectivity index (χ0) is 14.5. The maximum Gasteiger partial charge on any atom is 0.320 e. The number of ether oxygens (including phenoxy) is 1. The second-order valence-electron chi connectivity index (χ2n) is 5.33. The number of nitrogens with zero attached hydrogens (tertiary/aromatic N) is 1. The van der Waals surface area contributed by atoms with Crippen molar-refractivity contribution in [1.29, 1.82) is 0 Å². The molecule has 0 spiro atoms. The highest BCUT2D eigenvalue weighted by molar-refractivity contribution is 9.10. The summed E-state index contributed by atoms with van der Waals surface area (Å²) in [5, 5.41) is 9.29. The zero-order valence-electron chi connectivity index (χ0n) is 11.6. The number of hydrogen-bond donors (Lipinski definition) is 1. The molecule has 110 valence electrons. The van der Waals surface area contributed by atoms with Crippen LogP contribution in [0.4, 0.5) is 0 Å². The Morgan fingerprint density at radius 1 is 1.55 bits per heavy atom. The molecule has 0 bridgehead atoms. The predicted molar refractivity (Wildman–Crippen MR) is 81.0 cm³/mol. The van der Waals surface area contributed by atoms with Crippen molar-refractivity contribution >= 4 is 21.9 Å². The standard InChI is InChI=1S/C15H20BrNO3/c1-11-5-6-17(14(9-11)15(18)19)7-8-20-13-4-2-3-12(16)10-13/h2-4,10-11,14H,5-9H2,1H3,(H,18,19). The summed E-state index contributed by atoms with van der Waals surface area (Å²) in [6, 6.07) is 7.30. The van der Waals surface area contributed by atoms with Crippen molar-refractivity contribution < 1.29 is 14.6 Å². The number of piperidine rings is 1. The van der Waals surface area contributed by atoms with Crippen LogP contribution < -0.4 is 4.74 Å². The summed E-state index contributed by atoms with van der Waals surface area (Å²) < 4.78 is 6.66. The van der Waals surface area contributed by atoms with E-state index < -0.39 is 5.97 Å². The van der Waals surface area contributed by atoms with E-state index in [1.807, 2.05) is 29.2 Å². The molecule has 1 saturated heterocycles. The topological polar surface area (TPSA) is 49.8 Å². The fourth-order valence-corrected chi connectivity index (χ4v) is 2.93. The molecule has 1 aromatic carbocycles. The van der Waals surface area contributed by atoms with Gasteiger partial charge in [0.1, 0.15) is 18.4 Å². The first-order chi connectivity index (χ1) is 9.56. The zero-order valence-corrected chi connectivity index (χ0v) is 13.2. The summed E-state index contributed by atoms with van der Waals surface area (Å²) >= 11 is 3.40. The van der Waals surface area contributed by atoms with Gasteiger partial charge in [-0.1, -0.05) is 28.9 Å². The minimum absolute atomic E-state index is 0.371. The third-order valence-corrected chi connectivity index (χ3v) is 4.20. The summed E-state index contributed by atoms with van der Waals surface area (Å²) in [4.78, 5) is 13.3. The van der Waals surface area contributed by atoms with Gasteiger partial charge in [0.05, 0.1) is 0 Å². The fourth-order valence-electron chi connectivity index (χ4n) is 2.55. The van der Waals surface area contributed by atoms with Gasteiger partial charge in [0.15, 0.2) is 0 Å². The van der Waals surface area contributed by atoms with Gasteiger partial charge in [-0.25, -0.2) is 0 Å². The van der Waals surface area contributed by atoms with Gasteiger partial charge in [0.2, 0.25) is 0 Å². The van der Waals surface area contributed by atoms with E-state index in [-0.39, 0.29) is 6.04 Å². The quantitative estimate of drug-likeness (QED) is 0.894. The molecule has 5 heteroatoms. The van der Waals surface area contributed by atoms with Crippen LogP contribution in [0.5, 0.6) is 5.75 Å². The second kappa shape index (κ2) is 7.09. The maximum atomic E-state index is 11.3. The summed E-state index contributed by atoms with van der Waals surface area (Å²) in [7, 11) is 0. The van der Waals surface area contributed by atoms with Gasteiger partial charge in [-0.05, 0) is 43.5 Å². The molecule has 0 saturated carbocycles. The van der Waals surface area contributed by atoms with Crippen molar-refractivity contribution in [1.82, 2.24) is 4.90 Å². The van der Waals surface area contributed by atoms with Crippen molar-refractivity contribution in [3.05, 3.63) is 28.7 Å². The Labute approximate surface area is 127 Å². The number of aliphatic carboxylic acids is 1. The molecule has 1 aromatic rings. The summed E-state index contributed by atoms with van der Waals surface area (Å²) in [6.07, 6.45) is 1.78. The molecule has 20 heavy (non-hydrogen) atoms. The summed E-state index contributed by atoms with van der Waals surface area (Å²) in [5.41, 5.74) is 0. The first-order valence-corrected chi connectivity index (χ1v) is 7.71. The van der Waals surface area contributed by atoms with Crippen LogP contribution >= 0.6 is 15.9 Å². The SMILES string of the molecule is CC1CCN(CCOc2cccc(Br)c2)C(C(=O)O)C1. The first kappa shape index (κ1) is 15.3. The van der Waals surface area contributed by atoms with Gasteiger partial charge in [-0.15, -0.1) is 0 Å². The van der Waals surface area contributed by atoms with Crippen LogP contribution in [0, 0.1) is 5.92 Å². The van der Waals surface area contributed by atoms with E-state index in [0.29, 0.717) is 19.1 Å². The highest BCUT2D eigenvalue weighted by Gasteiger charge is 2.31. The lowest BCUT2D eigenvalue weighted by Gasteiger charge is -2.35. The van der Waals surface area contributed by atoms with Gasteiger partial charge in [-0.2, -0.15) is 0 Å². The monoisotopic (exact) mass is 341 g/mol. The first-order valence-electron chi connectivity index (χ1n) is 6.91. The molecular weight excluding hydrogens is 322 g/mol. The van der Waals surface area contributed by atoms with E-state index in [9.17, 15) is 9.90 Å². The molecule has 0 amide bonds. The molecule has 1 aliphatic heterocycles. The average molecular weight is 342 g/mol. The maximum absolute atomic E-state index is 11.3. The van der Waals surface area contributed by atoms with Crippen molar-refractivity contribution in [3.8, 4) is 5.75 Å². The summed E-state index contributed by atoms with van der Waals surface area (Å²) in [6.45, 7) is 4.11. The minimum atomic E-state index is -0.723. The normalized spacial score (nSPS) is 23.5. The molecule has 2 atom stereocenters. The van der Waals surface area contributed by atoms with E-state index in [4.69, 9.17) is 4.74 Å². The van der Waals surface area contributed by atoms with Crippen LogP contribution in [0.2, 0.25) is 0 Å². The Bertz CT molecular complexity index is 466. The van der Waals surface area contributed by atoms with Crippen LogP contribution in [0.25, 0.3) is 0 Å². The molecule has 1 N–H and O–H groups in total. The van der Waals surface area contributed by atoms with Crippen molar-refractivity contribution in [2.75, 3.05) is 19.7 Å². The van der Waals surface area contributed by atoms with Crippen molar-refractivity contribution in [3.63, 3.8) is 0 Å². The lowest BCUT2D eigenvalue weighted by molar-refractivity contribution is -0.145. The number of carboxylic acid groups (broad SMARTS) is 1. The lowest BCUT2D eigenvalue weighted by Crippen LogP contribution is -2.48. The minimum Gasteiger partial charge on any atom is -0.492 e. The molecule has 0 radical (unpaired) electrons. The number of carbonyl (C=O) groups is 1. The number of hydrogen-bond acceptors (Lipinski definition) is 3. The van der Waals surface area contributed by atoms with Crippen molar-refractivity contribution in [2.24, 2.45) is 5.92 Å². The van der Waals surface area contributed by atoms with Gasteiger partial charge in [0, 0.05) is 11.0 Å². The average Bonchev–Trinajstić information content (AvgIpc) is 2.40. The molecular formula is C15H20BrNO3. The molecule has 0 aliphatic carbocycles. The van der Waals surface area contributed by atoms with Crippen LogP contribution in [0.15, 0.2) is 28.7 Å². The number of benzene rings is 1. The molecule has 2 unspecified atom stereocenters. The van der Waals surface area contributed by atoms with Gasteiger partial charge < -0.3 is 9.84 Å². The van der Waals surface area contributed by atoms with E-state index in [0.717, 1.165) is 29.6 Å². The summed E-state index contributed by atoms with van der Waals surface area (Å²) in [5.74, 6) is 0.564. The number of carboxylic acids is 1. The molecule has 2 rings (SSSR count). The van der Waals surface area contributed by atoms with Gasteiger partial charge >= 0.3 is 5.97 Å². The number of rotatable bonds is 5. The molecule has 1 aliphatic rings. The molecule has 0 aromatic heterocycles.